The Labute approximate surface area is 192 Å². The van der Waals surface area contributed by atoms with Crippen LogP contribution in [0.5, 0.6) is 0 Å². The third kappa shape index (κ3) is 5.12. The average Bonchev–Trinajstić information content (AvgIpc) is 3.24. The zero-order valence-corrected chi connectivity index (χ0v) is 19.4. The van der Waals surface area contributed by atoms with Crippen LogP contribution >= 0.6 is 0 Å². The molecule has 9 nitrogen and oxygen atoms in total. The summed E-state index contributed by atoms with van der Waals surface area (Å²) >= 11 is 0. The molecule has 0 amide bonds. The molecular formula is C23H27N3O6S. The lowest BCUT2D eigenvalue weighted by molar-refractivity contribution is 0.0458. The maximum absolute atomic E-state index is 13.1. The third-order valence-corrected chi connectivity index (χ3v) is 6.82. The second-order valence-corrected chi connectivity index (χ2v) is 9.33. The number of aromatic nitrogens is 1. The fraction of sp³-hybridized carbons (Fsp3) is 0.391. The number of hydrogen-bond acceptors (Lipinski definition) is 8. The van der Waals surface area contributed by atoms with Crippen LogP contribution in [0.25, 0.3) is 11.0 Å². The molecule has 3 aromatic rings. The summed E-state index contributed by atoms with van der Waals surface area (Å²) in [5.41, 5.74) is 0.685. The minimum Gasteiger partial charge on any atom is -0.460 e. The maximum Gasteiger partial charge on any atom is 0.374 e. The normalized spacial score (nSPS) is 15.0. The number of sulfonamides is 1. The number of furan rings is 1. The number of piperidine rings is 1. The summed E-state index contributed by atoms with van der Waals surface area (Å²) in [4.78, 5) is 18.4. The van der Waals surface area contributed by atoms with Crippen molar-refractivity contribution in [2.24, 2.45) is 0 Å². The summed E-state index contributed by atoms with van der Waals surface area (Å²) in [6.07, 6.45) is 3.58. The molecule has 0 atom stereocenters. The Balaban J connectivity index is 1.56. The molecule has 0 radical (unpaired) electrons. The molecule has 1 aliphatic heterocycles. The van der Waals surface area contributed by atoms with E-state index in [-0.39, 0.29) is 28.9 Å². The summed E-state index contributed by atoms with van der Waals surface area (Å²) in [5, 5.41) is 0.608. The molecule has 1 saturated heterocycles. The van der Waals surface area contributed by atoms with E-state index in [0.717, 1.165) is 25.9 Å². The van der Waals surface area contributed by atoms with Crippen LogP contribution in [0.4, 0.5) is 11.5 Å². The second kappa shape index (κ2) is 9.80. The van der Waals surface area contributed by atoms with Crippen molar-refractivity contribution < 1.29 is 27.1 Å². The van der Waals surface area contributed by atoms with Crippen molar-refractivity contribution in [1.29, 1.82) is 0 Å². The quantitative estimate of drug-likeness (QED) is 0.492. The molecule has 10 heteroatoms. The molecule has 4 rings (SSSR count). The van der Waals surface area contributed by atoms with Crippen molar-refractivity contribution in [3.63, 3.8) is 0 Å². The van der Waals surface area contributed by atoms with E-state index in [2.05, 4.69) is 14.6 Å². The Morgan fingerprint density at radius 1 is 1.18 bits per heavy atom. The highest BCUT2D eigenvalue weighted by molar-refractivity contribution is 7.92. The summed E-state index contributed by atoms with van der Waals surface area (Å²) in [6, 6.07) is 9.37. The molecule has 176 valence electrons. The number of fused-ring (bicyclic) bond motifs is 1. The van der Waals surface area contributed by atoms with Gasteiger partial charge in [-0.05, 0) is 57.0 Å². The molecule has 0 bridgehead atoms. The zero-order chi connectivity index (χ0) is 23.4. The number of ether oxygens (including phenoxy) is 2. The average molecular weight is 474 g/mol. The van der Waals surface area contributed by atoms with Crippen molar-refractivity contribution in [2.75, 3.05) is 35.9 Å². The Hall–Kier alpha value is -3.11. The van der Waals surface area contributed by atoms with Crippen LogP contribution < -0.4 is 9.62 Å². The number of benzene rings is 1. The first-order chi connectivity index (χ1) is 15.9. The third-order valence-electron chi connectivity index (χ3n) is 5.45. The molecule has 0 saturated carbocycles. The first-order valence-corrected chi connectivity index (χ1v) is 12.4. The second-order valence-electron chi connectivity index (χ2n) is 7.65. The van der Waals surface area contributed by atoms with Gasteiger partial charge in [-0.25, -0.2) is 18.2 Å². The molecule has 1 aromatic carbocycles. The van der Waals surface area contributed by atoms with E-state index in [0.29, 0.717) is 23.5 Å². The van der Waals surface area contributed by atoms with E-state index in [1.165, 1.54) is 18.2 Å². The Bertz CT molecular complexity index is 1230. The Morgan fingerprint density at radius 3 is 2.70 bits per heavy atom. The summed E-state index contributed by atoms with van der Waals surface area (Å²) in [5.74, 6) is 0.0170. The lowest BCUT2D eigenvalue weighted by Gasteiger charge is -2.33. The van der Waals surface area contributed by atoms with Crippen LogP contribution in [-0.4, -0.2) is 51.8 Å². The van der Waals surface area contributed by atoms with Gasteiger partial charge in [0.1, 0.15) is 5.58 Å². The molecule has 0 unspecified atom stereocenters. The van der Waals surface area contributed by atoms with Gasteiger partial charge in [0.15, 0.2) is 5.82 Å². The van der Waals surface area contributed by atoms with Crippen LogP contribution in [0.2, 0.25) is 0 Å². The van der Waals surface area contributed by atoms with E-state index < -0.39 is 16.0 Å². The van der Waals surface area contributed by atoms with Gasteiger partial charge in [0.25, 0.3) is 10.0 Å². The number of nitrogens with zero attached hydrogens (tertiary/aromatic N) is 2. The first kappa shape index (κ1) is 23.1. The SMILES string of the molecule is CCOC(=O)c1cc2ccc(S(=O)(=O)Nc3cccnc3N3CCC(OCC)CC3)cc2o1. The summed E-state index contributed by atoms with van der Waals surface area (Å²) in [6.45, 7) is 6.04. The zero-order valence-electron chi connectivity index (χ0n) is 18.6. The van der Waals surface area contributed by atoms with E-state index in [1.807, 2.05) is 6.92 Å². The molecule has 3 heterocycles. The monoisotopic (exact) mass is 473 g/mol. The van der Waals surface area contributed by atoms with Crippen LogP contribution in [-0.2, 0) is 19.5 Å². The number of anilines is 2. The van der Waals surface area contributed by atoms with Crippen LogP contribution in [0.15, 0.2) is 51.9 Å². The van der Waals surface area contributed by atoms with Crippen molar-refractivity contribution in [3.8, 4) is 0 Å². The number of nitrogens with one attached hydrogen (secondary N) is 1. The maximum atomic E-state index is 13.1. The fourth-order valence-electron chi connectivity index (χ4n) is 3.88. The molecular weight excluding hydrogens is 446 g/mol. The van der Waals surface area contributed by atoms with Gasteiger partial charge in [0, 0.05) is 37.3 Å². The van der Waals surface area contributed by atoms with Gasteiger partial charge >= 0.3 is 5.97 Å². The molecule has 0 aliphatic carbocycles. The number of hydrogen-bond donors (Lipinski definition) is 1. The highest BCUT2D eigenvalue weighted by Gasteiger charge is 2.24. The van der Waals surface area contributed by atoms with Crippen LogP contribution in [0.1, 0.15) is 37.2 Å². The molecule has 1 N–H and O–H groups in total. The lowest BCUT2D eigenvalue weighted by atomic mass is 10.1. The van der Waals surface area contributed by atoms with Crippen molar-refractivity contribution >= 4 is 38.5 Å². The number of esters is 1. The summed E-state index contributed by atoms with van der Waals surface area (Å²) < 4.78 is 45.1. The molecule has 0 spiro atoms. The molecule has 2 aromatic heterocycles. The van der Waals surface area contributed by atoms with Crippen LogP contribution in [0.3, 0.4) is 0 Å². The van der Waals surface area contributed by atoms with E-state index >= 15 is 0 Å². The number of carbonyl (C=O) groups excluding carboxylic acids is 1. The number of rotatable bonds is 8. The molecule has 1 fully saturated rings. The Morgan fingerprint density at radius 2 is 1.97 bits per heavy atom. The van der Waals surface area contributed by atoms with Gasteiger partial charge in [-0.2, -0.15) is 0 Å². The molecule has 1 aliphatic rings. The predicted molar refractivity (Wildman–Crippen MR) is 124 cm³/mol. The van der Waals surface area contributed by atoms with Gasteiger partial charge in [0.05, 0.1) is 23.3 Å². The first-order valence-electron chi connectivity index (χ1n) is 11.0. The highest BCUT2D eigenvalue weighted by Crippen LogP contribution is 2.30. The van der Waals surface area contributed by atoms with Crippen molar-refractivity contribution in [2.45, 2.75) is 37.7 Å². The smallest absolute Gasteiger partial charge is 0.374 e. The minimum atomic E-state index is -3.92. The highest BCUT2D eigenvalue weighted by atomic mass is 32.2. The standard InChI is InChI=1S/C23H27N3O6S/c1-3-30-17-9-12-26(13-10-17)22-19(6-5-11-24-22)25-33(28,29)18-8-7-16-14-21(23(27)31-4-2)32-20(16)15-18/h5-8,11,14-15,17,25H,3-4,9-10,12-13H2,1-2H3. The number of carbonyl (C=O) groups is 1. The van der Waals surface area contributed by atoms with Gasteiger partial charge in [0.2, 0.25) is 5.76 Å². The molecule has 33 heavy (non-hydrogen) atoms. The predicted octanol–water partition coefficient (Wildman–Crippen LogP) is 3.81. The lowest BCUT2D eigenvalue weighted by Crippen LogP contribution is -2.38. The van der Waals surface area contributed by atoms with E-state index in [1.54, 1.807) is 31.3 Å². The summed E-state index contributed by atoms with van der Waals surface area (Å²) in [7, 11) is -3.92. The van der Waals surface area contributed by atoms with Crippen LogP contribution in [0, 0.1) is 0 Å². The fourth-order valence-corrected chi connectivity index (χ4v) is 4.96. The number of pyridine rings is 1. The minimum absolute atomic E-state index is 0.0182. The largest absolute Gasteiger partial charge is 0.460 e. The topological polar surface area (TPSA) is 111 Å². The van der Waals surface area contributed by atoms with Crippen molar-refractivity contribution in [1.82, 2.24) is 4.98 Å². The van der Waals surface area contributed by atoms with Gasteiger partial charge in [-0.1, -0.05) is 0 Å². The van der Waals surface area contributed by atoms with Crippen molar-refractivity contribution in [3.05, 3.63) is 48.4 Å². The van der Waals surface area contributed by atoms with E-state index in [9.17, 15) is 13.2 Å². The van der Waals surface area contributed by atoms with E-state index in [4.69, 9.17) is 13.9 Å². The van der Waals surface area contributed by atoms with Gasteiger partial charge in [-0.3, -0.25) is 4.72 Å². The Kier molecular flexibility index (Phi) is 6.85. The van der Waals surface area contributed by atoms with Gasteiger partial charge in [-0.15, -0.1) is 0 Å². The van der Waals surface area contributed by atoms with Gasteiger partial charge < -0.3 is 18.8 Å².